The first-order valence-corrected chi connectivity index (χ1v) is 6.93. The minimum atomic E-state index is -2.94. The minimum absolute atomic E-state index is 0.0687. The fourth-order valence-electron chi connectivity index (χ4n) is 1.46. The number of amides is 1. The predicted octanol–water partition coefficient (Wildman–Crippen LogP) is -0.00190. The Kier molecular flexibility index (Phi) is 3.83. The molecule has 0 aliphatic carbocycles. The molecule has 2 unspecified atom stereocenters. The maximum atomic E-state index is 11.2. The van der Waals surface area contributed by atoms with E-state index in [1.165, 1.54) is 0 Å². The summed E-state index contributed by atoms with van der Waals surface area (Å²) in [6.45, 7) is 1.66. The standard InChI is InChI=1S/C8H15NO3S2/c1-6(13)8(10)9-7-3-2-4-14(11,12)5-7/h6-7,13H,2-5H2,1H3,(H,9,10). The van der Waals surface area contributed by atoms with Gasteiger partial charge in [-0.1, -0.05) is 0 Å². The molecule has 0 aromatic heterocycles. The van der Waals surface area contributed by atoms with Gasteiger partial charge in [-0.15, -0.1) is 0 Å². The molecular weight excluding hydrogens is 222 g/mol. The van der Waals surface area contributed by atoms with E-state index in [4.69, 9.17) is 0 Å². The van der Waals surface area contributed by atoms with Crippen molar-refractivity contribution in [3.05, 3.63) is 0 Å². The highest BCUT2D eigenvalue weighted by atomic mass is 32.2. The lowest BCUT2D eigenvalue weighted by Crippen LogP contribution is -2.45. The molecule has 4 nitrogen and oxygen atoms in total. The van der Waals surface area contributed by atoms with Crippen molar-refractivity contribution in [1.29, 1.82) is 0 Å². The lowest BCUT2D eigenvalue weighted by molar-refractivity contribution is -0.120. The van der Waals surface area contributed by atoms with Crippen molar-refractivity contribution in [2.75, 3.05) is 11.5 Å². The van der Waals surface area contributed by atoms with Crippen molar-refractivity contribution >= 4 is 28.4 Å². The highest BCUT2D eigenvalue weighted by molar-refractivity contribution is 7.91. The monoisotopic (exact) mass is 237 g/mol. The van der Waals surface area contributed by atoms with E-state index < -0.39 is 9.84 Å². The molecule has 1 aliphatic rings. The smallest absolute Gasteiger partial charge is 0.232 e. The zero-order valence-electron chi connectivity index (χ0n) is 8.06. The summed E-state index contributed by atoms with van der Waals surface area (Å²) in [5.41, 5.74) is 0. The van der Waals surface area contributed by atoms with Gasteiger partial charge in [-0.05, 0) is 19.8 Å². The van der Waals surface area contributed by atoms with E-state index in [-0.39, 0.29) is 28.7 Å². The van der Waals surface area contributed by atoms with Crippen molar-refractivity contribution in [2.45, 2.75) is 31.1 Å². The summed E-state index contributed by atoms with van der Waals surface area (Å²) in [6.07, 6.45) is 1.37. The van der Waals surface area contributed by atoms with Gasteiger partial charge in [0.05, 0.1) is 16.8 Å². The fourth-order valence-corrected chi connectivity index (χ4v) is 3.17. The van der Waals surface area contributed by atoms with Crippen LogP contribution in [0.4, 0.5) is 0 Å². The normalized spacial score (nSPS) is 28.0. The summed E-state index contributed by atoms with van der Waals surface area (Å²) in [5, 5.41) is 2.29. The maximum absolute atomic E-state index is 11.2. The number of carbonyl (C=O) groups excluding carboxylic acids is 1. The molecule has 1 aliphatic heterocycles. The maximum Gasteiger partial charge on any atom is 0.232 e. The molecule has 14 heavy (non-hydrogen) atoms. The van der Waals surface area contributed by atoms with Crippen LogP contribution >= 0.6 is 12.6 Å². The van der Waals surface area contributed by atoms with Crippen LogP contribution in [-0.2, 0) is 14.6 Å². The zero-order chi connectivity index (χ0) is 10.8. The summed E-state index contributed by atoms with van der Waals surface area (Å²) in [5.74, 6) is 0.116. The number of sulfone groups is 1. The van der Waals surface area contributed by atoms with Gasteiger partial charge in [0.1, 0.15) is 0 Å². The SMILES string of the molecule is CC(S)C(=O)NC1CCCS(=O)(=O)C1. The molecule has 1 N–H and O–H groups in total. The Morgan fingerprint density at radius 2 is 2.21 bits per heavy atom. The van der Waals surface area contributed by atoms with Crippen LogP contribution in [-0.4, -0.2) is 37.1 Å². The number of hydrogen-bond donors (Lipinski definition) is 2. The van der Waals surface area contributed by atoms with Gasteiger partial charge in [0.25, 0.3) is 0 Å². The molecule has 0 bridgehead atoms. The van der Waals surface area contributed by atoms with Crippen molar-refractivity contribution in [2.24, 2.45) is 0 Å². The first kappa shape index (κ1) is 11.8. The van der Waals surface area contributed by atoms with E-state index in [2.05, 4.69) is 17.9 Å². The molecular formula is C8H15NO3S2. The first-order valence-electron chi connectivity index (χ1n) is 4.59. The van der Waals surface area contributed by atoms with Crippen LogP contribution in [0.15, 0.2) is 0 Å². The van der Waals surface area contributed by atoms with Crippen LogP contribution in [0, 0.1) is 0 Å². The van der Waals surface area contributed by atoms with E-state index in [0.29, 0.717) is 6.42 Å². The van der Waals surface area contributed by atoms with E-state index in [9.17, 15) is 13.2 Å². The third-order valence-corrected chi connectivity index (χ3v) is 4.24. The van der Waals surface area contributed by atoms with Gasteiger partial charge >= 0.3 is 0 Å². The van der Waals surface area contributed by atoms with Gasteiger partial charge in [-0.2, -0.15) is 12.6 Å². The largest absolute Gasteiger partial charge is 0.351 e. The van der Waals surface area contributed by atoms with Crippen LogP contribution in [0.2, 0.25) is 0 Å². The van der Waals surface area contributed by atoms with Crippen LogP contribution in [0.3, 0.4) is 0 Å². The molecule has 1 amide bonds. The van der Waals surface area contributed by atoms with Gasteiger partial charge in [0.15, 0.2) is 9.84 Å². The van der Waals surface area contributed by atoms with E-state index >= 15 is 0 Å². The average molecular weight is 237 g/mol. The van der Waals surface area contributed by atoms with E-state index in [1.807, 2.05) is 0 Å². The van der Waals surface area contributed by atoms with Gasteiger partial charge in [-0.25, -0.2) is 8.42 Å². The van der Waals surface area contributed by atoms with Crippen molar-refractivity contribution in [1.82, 2.24) is 5.32 Å². The Morgan fingerprint density at radius 1 is 1.57 bits per heavy atom. The second-order valence-corrected chi connectivity index (χ2v) is 6.64. The Balaban J connectivity index is 2.50. The summed E-state index contributed by atoms with van der Waals surface area (Å²) >= 11 is 3.97. The summed E-state index contributed by atoms with van der Waals surface area (Å²) in [6, 6.07) is -0.226. The Morgan fingerprint density at radius 3 is 2.71 bits per heavy atom. The molecule has 0 saturated carbocycles. The van der Waals surface area contributed by atoms with Gasteiger partial charge in [-0.3, -0.25) is 4.79 Å². The second-order valence-electron chi connectivity index (χ2n) is 3.64. The molecule has 2 atom stereocenters. The highest BCUT2D eigenvalue weighted by Crippen LogP contribution is 2.12. The van der Waals surface area contributed by atoms with Gasteiger partial charge in [0, 0.05) is 6.04 Å². The molecule has 1 heterocycles. The number of rotatable bonds is 2. The number of hydrogen-bond acceptors (Lipinski definition) is 4. The van der Waals surface area contributed by atoms with Crippen LogP contribution in [0.1, 0.15) is 19.8 Å². The van der Waals surface area contributed by atoms with Crippen LogP contribution < -0.4 is 5.32 Å². The topological polar surface area (TPSA) is 63.2 Å². The molecule has 1 saturated heterocycles. The lowest BCUT2D eigenvalue weighted by Gasteiger charge is -2.23. The minimum Gasteiger partial charge on any atom is -0.351 e. The van der Waals surface area contributed by atoms with Crippen LogP contribution in [0.5, 0.6) is 0 Å². The van der Waals surface area contributed by atoms with E-state index in [1.54, 1.807) is 6.92 Å². The van der Waals surface area contributed by atoms with Crippen molar-refractivity contribution < 1.29 is 13.2 Å². The number of nitrogens with one attached hydrogen (secondary N) is 1. The highest BCUT2D eigenvalue weighted by Gasteiger charge is 2.26. The van der Waals surface area contributed by atoms with Gasteiger partial charge < -0.3 is 5.32 Å². The molecule has 0 aromatic rings. The van der Waals surface area contributed by atoms with Crippen molar-refractivity contribution in [3.8, 4) is 0 Å². The molecule has 82 valence electrons. The molecule has 1 rings (SSSR count). The Labute approximate surface area is 89.8 Å². The summed E-state index contributed by atoms with van der Waals surface area (Å²) in [4.78, 5) is 11.2. The number of thiol groups is 1. The average Bonchev–Trinajstić information content (AvgIpc) is 2.01. The molecule has 0 spiro atoms. The zero-order valence-corrected chi connectivity index (χ0v) is 9.77. The van der Waals surface area contributed by atoms with Gasteiger partial charge in [0.2, 0.25) is 5.91 Å². The van der Waals surface area contributed by atoms with E-state index in [0.717, 1.165) is 6.42 Å². The second kappa shape index (κ2) is 4.53. The molecule has 1 fully saturated rings. The van der Waals surface area contributed by atoms with Crippen molar-refractivity contribution in [3.63, 3.8) is 0 Å². The fraction of sp³-hybridized carbons (Fsp3) is 0.875. The van der Waals surface area contributed by atoms with Crippen LogP contribution in [0.25, 0.3) is 0 Å². The summed E-state index contributed by atoms with van der Waals surface area (Å²) in [7, 11) is -2.94. The lowest BCUT2D eigenvalue weighted by atomic mass is 10.2. The Hall–Kier alpha value is -0.230. The molecule has 0 aromatic carbocycles. The molecule has 0 radical (unpaired) electrons. The third-order valence-electron chi connectivity index (χ3n) is 2.19. The first-order chi connectivity index (χ1) is 6.41. The summed E-state index contributed by atoms with van der Waals surface area (Å²) < 4.78 is 22.5. The number of carbonyl (C=O) groups is 1. The molecule has 6 heteroatoms. The Bertz CT molecular complexity index is 311. The third kappa shape index (κ3) is 3.49. The quantitative estimate of drug-likeness (QED) is 0.664. The predicted molar refractivity (Wildman–Crippen MR) is 58.3 cm³/mol.